The number of nitrogens with zero attached hydrogens (tertiary/aromatic N) is 2. The highest BCUT2D eigenvalue weighted by molar-refractivity contribution is 7.17. The van der Waals surface area contributed by atoms with Gasteiger partial charge in [-0.25, -0.2) is 4.98 Å². The second kappa shape index (κ2) is 4.75. The number of carbonyl (C=O) groups is 1. The van der Waals surface area contributed by atoms with Gasteiger partial charge in [0.05, 0.1) is 18.0 Å². The van der Waals surface area contributed by atoms with Gasteiger partial charge in [0.2, 0.25) is 5.91 Å². The van der Waals surface area contributed by atoms with E-state index in [1.165, 1.54) is 11.3 Å². The van der Waals surface area contributed by atoms with Crippen LogP contribution in [-0.2, 0) is 11.3 Å². The van der Waals surface area contributed by atoms with E-state index in [0.29, 0.717) is 22.6 Å². The Morgan fingerprint density at radius 1 is 1.58 bits per heavy atom. The van der Waals surface area contributed by atoms with Crippen molar-refractivity contribution in [3.63, 3.8) is 0 Å². The molecule has 1 fully saturated rings. The Bertz CT molecular complexity index is 674. The van der Waals surface area contributed by atoms with Crippen molar-refractivity contribution < 1.29 is 4.79 Å². The topological polar surface area (TPSA) is 78.1 Å². The zero-order valence-corrected chi connectivity index (χ0v) is 11.3. The first-order valence-corrected chi connectivity index (χ1v) is 6.95. The lowest BCUT2D eigenvalue weighted by Gasteiger charge is -2.30. The van der Waals surface area contributed by atoms with E-state index in [-0.39, 0.29) is 17.4 Å². The van der Waals surface area contributed by atoms with Crippen LogP contribution in [0.3, 0.4) is 0 Å². The van der Waals surface area contributed by atoms with E-state index in [1.807, 2.05) is 11.4 Å². The van der Waals surface area contributed by atoms with Crippen LogP contribution in [0.1, 0.15) is 5.82 Å². The summed E-state index contributed by atoms with van der Waals surface area (Å²) in [6, 6.07) is 1.82. The second-order valence-electron chi connectivity index (χ2n) is 4.70. The van der Waals surface area contributed by atoms with E-state index in [1.54, 1.807) is 11.9 Å². The first-order valence-electron chi connectivity index (χ1n) is 6.07. The number of fused-ring (bicyclic) bond motifs is 1. The molecule has 0 saturated carbocycles. The summed E-state index contributed by atoms with van der Waals surface area (Å²) in [5.74, 6) is 0.674. The third-order valence-electron chi connectivity index (χ3n) is 3.26. The molecule has 0 spiro atoms. The fourth-order valence-electron chi connectivity index (χ4n) is 2.07. The number of aromatic nitrogens is 2. The Kier molecular flexibility index (Phi) is 3.08. The maximum absolute atomic E-state index is 12.0. The van der Waals surface area contributed by atoms with Crippen LogP contribution in [0, 0.1) is 5.92 Å². The fraction of sp³-hybridized carbons (Fsp3) is 0.417. The van der Waals surface area contributed by atoms with Crippen LogP contribution in [0.2, 0.25) is 0 Å². The summed E-state index contributed by atoms with van der Waals surface area (Å²) >= 11 is 1.37. The van der Waals surface area contributed by atoms with Gasteiger partial charge in [-0.1, -0.05) is 0 Å². The predicted molar refractivity (Wildman–Crippen MR) is 73.1 cm³/mol. The van der Waals surface area contributed by atoms with Gasteiger partial charge in [0.15, 0.2) is 0 Å². The number of thiophene rings is 1. The Labute approximate surface area is 113 Å². The maximum atomic E-state index is 12.0. The third-order valence-corrected chi connectivity index (χ3v) is 4.16. The second-order valence-corrected chi connectivity index (χ2v) is 5.61. The summed E-state index contributed by atoms with van der Waals surface area (Å²) in [5, 5.41) is 4.91. The zero-order chi connectivity index (χ0) is 13.4. The molecule has 100 valence electrons. The van der Waals surface area contributed by atoms with Crippen molar-refractivity contribution >= 4 is 27.5 Å². The number of aromatic amines is 1. The van der Waals surface area contributed by atoms with Crippen molar-refractivity contribution in [3.8, 4) is 0 Å². The molecule has 7 heteroatoms. The van der Waals surface area contributed by atoms with Crippen LogP contribution < -0.4 is 10.9 Å². The number of carbonyl (C=O) groups excluding carboxylic acids is 1. The van der Waals surface area contributed by atoms with Gasteiger partial charge in [0.1, 0.15) is 10.5 Å². The van der Waals surface area contributed by atoms with Gasteiger partial charge in [-0.2, -0.15) is 0 Å². The summed E-state index contributed by atoms with van der Waals surface area (Å²) in [5.41, 5.74) is 0.552. The van der Waals surface area contributed by atoms with Crippen LogP contribution in [0.4, 0.5) is 0 Å². The number of H-pyrrole nitrogens is 1. The first kappa shape index (κ1) is 12.3. The molecule has 0 bridgehead atoms. The maximum Gasteiger partial charge on any atom is 0.268 e. The molecule has 0 aromatic carbocycles. The van der Waals surface area contributed by atoms with E-state index in [4.69, 9.17) is 0 Å². The summed E-state index contributed by atoms with van der Waals surface area (Å²) in [4.78, 5) is 32.5. The lowest BCUT2D eigenvalue weighted by molar-refractivity contribution is -0.136. The molecule has 2 aromatic heterocycles. The summed E-state index contributed by atoms with van der Waals surface area (Å²) in [6.07, 6.45) is 0. The molecule has 2 N–H and O–H groups in total. The molecule has 1 aliphatic rings. The highest BCUT2D eigenvalue weighted by atomic mass is 32.1. The van der Waals surface area contributed by atoms with Crippen LogP contribution in [0.5, 0.6) is 0 Å². The van der Waals surface area contributed by atoms with Gasteiger partial charge in [0, 0.05) is 20.1 Å². The third kappa shape index (κ3) is 2.26. The molecule has 3 rings (SSSR count). The normalized spacial score (nSPS) is 15.4. The van der Waals surface area contributed by atoms with Crippen LogP contribution in [0.15, 0.2) is 16.2 Å². The summed E-state index contributed by atoms with van der Waals surface area (Å²) < 4.78 is 0.626. The molecule has 0 aliphatic carbocycles. The molecule has 6 nitrogen and oxygen atoms in total. The molecule has 0 atom stereocenters. The largest absolute Gasteiger partial charge is 0.338 e. The van der Waals surface area contributed by atoms with Gasteiger partial charge in [-0.3, -0.25) is 9.59 Å². The minimum atomic E-state index is -0.138. The van der Waals surface area contributed by atoms with E-state index in [0.717, 1.165) is 13.1 Å². The minimum Gasteiger partial charge on any atom is -0.338 e. The van der Waals surface area contributed by atoms with E-state index < -0.39 is 0 Å². The lowest BCUT2D eigenvalue weighted by Crippen LogP contribution is -2.51. The van der Waals surface area contributed by atoms with Gasteiger partial charge in [-0.05, 0) is 11.4 Å². The standard InChI is InChI=1S/C12H14N4O2S/c1-16(12(18)7-4-13-5-7)6-9-14-8-2-3-19-10(8)11(17)15-9/h2-3,7,13H,4-6H2,1H3,(H,14,15,17). The van der Waals surface area contributed by atoms with Crippen LogP contribution in [0.25, 0.3) is 10.2 Å². The zero-order valence-electron chi connectivity index (χ0n) is 10.5. The average molecular weight is 278 g/mol. The minimum absolute atomic E-state index is 0.0570. The summed E-state index contributed by atoms with van der Waals surface area (Å²) in [6.45, 7) is 1.80. The van der Waals surface area contributed by atoms with Gasteiger partial charge in [0.25, 0.3) is 5.56 Å². The SMILES string of the molecule is CN(Cc1nc2ccsc2c(=O)[nH]1)C(=O)C1CNC1. The van der Waals surface area contributed by atoms with Gasteiger partial charge < -0.3 is 15.2 Å². The van der Waals surface area contributed by atoms with Crippen molar-refractivity contribution in [3.05, 3.63) is 27.6 Å². The number of hydrogen-bond donors (Lipinski definition) is 2. The van der Waals surface area contributed by atoms with E-state index in [9.17, 15) is 9.59 Å². The summed E-state index contributed by atoms with van der Waals surface area (Å²) in [7, 11) is 1.73. The lowest BCUT2D eigenvalue weighted by atomic mass is 10.0. The molecule has 19 heavy (non-hydrogen) atoms. The smallest absolute Gasteiger partial charge is 0.268 e. The average Bonchev–Trinajstić information content (AvgIpc) is 2.75. The Balaban J connectivity index is 1.80. The van der Waals surface area contributed by atoms with E-state index >= 15 is 0 Å². The van der Waals surface area contributed by atoms with Crippen LogP contribution in [-0.4, -0.2) is 40.9 Å². The predicted octanol–water partition coefficient (Wildman–Crippen LogP) is 0.162. The quantitative estimate of drug-likeness (QED) is 0.838. The number of amides is 1. The van der Waals surface area contributed by atoms with Crippen molar-refractivity contribution in [1.82, 2.24) is 20.2 Å². The molecular formula is C12H14N4O2S. The molecular weight excluding hydrogens is 264 g/mol. The molecule has 0 unspecified atom stereocenters. The molecule has 0 radical (unpaired) electrons. The van der Waals surface area contributed by atoms with Crippen molar-refractivity contribution in [2.24, 2.45) is 5.92 Å². The van der Waals surface area contributed by atoms with Crippen molar-refractivity contribution in [1.29, 1.82) is 0 Å². The molecule has 2 aromatic rings. The molecule has 1 saturated heterocycles. The molecule has 3 heterocycles. The molecule has 1 amide bonds. The number of rotatable bonds is 3. The Morgan fingerprint density at radius 2 is 2.37 bits per heavy atom. The van der Waals surface area contributed by atoms with E-state index in [2.05, 4.69) is 15.3 Å². The van der Waals surface area contributed by atoms with Crippen LogP contribution >= 0.6 is 11.3 Å². The monoisotopic (exact) mass is 278 g/mol. The van der Waals surface area contributed by atoms with Crippen molar-refractivity contribution in [2.75, 3.05) is 20.1 Å². The van der Waals surface area contributed by atoms with Gasteiger partial charge >= 0.3 is 0 Å². The fourth-order valence-corrected chi connectivity index (χ4v) is 2.80. The molecule has 1 aliphatic heterocycles. The number of nitrogens with one attached hydrogen (secondary N) is 2. The Hall–Kier alpha value is -1.73. The van der Waals surface area contributed by atoms with Gasteiger partial charge in [-0.15, -0.1) is 11.3 Å². The van der Waals surface area contributed by atoms with Crippen molar-refractivity contribution in [2.45, 2.75) is 6.54 Å². The highest BCUT2D eigenvalue weighted by Crippen LogP contribution is 2.14. The Morgan fingerprint density at radius 3 is 3.05 bits per heavy atom. The number of hydrogen-bond acceptors (Lipinski definition) is 5. The highest BCUT2D eigenvalue weighted by Gasteiger charge is 2.27. The first-order chi connectivity index (χ1) is 9.15.